The molecule has 1 aliphatic rings. The van der Waals surface area contributed by atoms with E-state index >= 15 is 0 Å². The van der Waals surface area contributed by atoms with Crippen LogP contribution in [0.2, 0.25) is 15.1 Å². The molecule has 1 N–H and O–H groups in total. The second kappa shape index (κ2) is 8.93. The zero-order valence-electron chi connectivity index (χ0n) is 15.5. The molecule has 0 saturated carbocycles. The number of thioether (sulfide) groups is 1. The Kier molecular flexibility index (Phi) is 6.25. The lowest BCUT2D eigenvalue weighted by Gasteiger charge is -2.16. The Labute approximate surface area is 196 Å². The van der Waals surface area contributed by atoms with Crippen molar-refractivity contribution in [1.29, 1.82) is 0 Å². The summed E-state index contributed by atoms with van der Waals surface area (Å²) in [5.74, 6) is -1.72. The first-order valence-corrected chi connectivity index (χ1v) is 10.8. The van der Waals surface area contributed by atoms with Crippen LogP contribution in [0, 0.1) is 5.82 Å². The maximum absolute atomic E-state index is 13.5. The highest BCUT2D eigenvalue weighted by molar-refractivity contribution is 8.04. The standard InChI is InChI=1S/C22H12Cl3FN2O2S/c23-12-5-8-14(9-6-12)31-20-19(27-13-7-10-17(26)16(25)11-13)21(29)28(22(20)30)18-4-2-1-3-15(18)24/h1-11,27H. The molecule has 0 saturated heterocycles. The van der Waals surface area contributed by atoms with Crippen LogP contribution in [0.4, 0.5) is 15.8 Å². The summed E-state index contributed by atoms with van der Waals surface area (Å²) in [6, 6.07) is 17.3. The lowest BCUT2D eigenvalue weighted by atomic mass is 10.2. The predicted octanol–water partition coefficient (Wildman–Crippen LogP) is 6.78. The average molecular weight is 494 g/mol. The SMILES string of the molecule is O=C1C(Nc2ccc(F)c(Cl)c2)=C(Sc2ccc(Cl)cc2)C(=O)N1c1ccccc1Cl. The summed E-state index contributed by atoms with van der Waals surface area (Å²) in [5.41, 5.74) is 0.660. The molecule has 3 aromatic carbocycles. The van der Waals surface area contributed by atoms with Crippen LogP contribution in [0.15, 0.2) is 82.2 Å². The summed E-state index contributed by atoms with van der Waals surface area (Å²) >= 11 is 19.2. The van der Waals surface area contributed by atoms with E-state index in [2.05, 4.69) is 5.32 Å². The van der Waals surface area contributed by atoms with Gasteiger partial charge in [-0.25, -0.2) is 9.29 Å². The number of carbonyl (C=O) groups excluding carboxylic acids is 2. The zero-order valence-corrected chi connectivity index (χ0v) is 18.6. The molecule has 0 bridgehead atoms. The smallest absolute Gasteiger partial charge is 0.283 e. The van der Waals surface area contributed by atoms with Gasteiger partial charge in [0.1, 0.15) is 16.4 Å². The van der Waals surface area contributed by atoms with Crippen LogP contribution in [0.3, 0.4) is 0 Å². The summed E-state index contributed by atoms with van der Waals surface area (Å²) < 4.78 is 13.5. The van der Waals surface area contributed by atoms with Crippen molar-refractivity contribution in [2.24, 2.45) is 0 Å². The van der Waals surface area contributed by atoms with E-state index in [1.165, 1.54) is 18.2 Å². The van der Waals surface area contributed by atoms with Crippen molar-refractivity contribution in [2.45, 2.75) is 4.90 Å². The molecule has 0 spiro atoms. The number of amides is 2. The van der Waals surface area contributed by atoms with Gasteiger partial charge in [-0.2, -0.15) is 0 Å². The van der Waals surface area contributed by atoms with Gasteiger partial charge in [-0.15, -0.1) is 0 Å². The van der Waals surface area contributed by atoms with E-state index in [0.29, 0.717) is 15.6 Å². The molecule has 31 heavy (non-hydrogen) atoms. The molecule has 0 aliphatic carbocycles. The lowest BCUT2D eigenvalue weighted by Crippen LogP contribution is -2.32. The minimum atomic E-state index is -0.594. The minimum Gasteiger partial charge on any atom is -0.350 e. The molecule has 1 heterocycles. The molecule has 0 unspecified atom stereocenters. The van der Waals surface area contributed by atoms with Crippen LogP contribution in [0.5, 0.6) is 0 Å². The number of para-hydroxylation sites is 1. The van der Waals surface area contributed by atoms with E-state index in [4.69, 9.17) is 34.8 Å². The fourth-order valence-electron chi connectivity index (χ4n) is 2.91. The molecule has 156 valence electrons. The Bertz CT molecular complexity index is 1230. The van der Waals surface area contributed by atoms with Gasteiger partial charge in [0.2, 0.25) is 0 Å². The van der Waals surface area contributed by atoms with Crippen molar-refractivity contribution in [3.05, 3.63) is 98.2 Å². The molecule has 1 aliphatic heterocycles. The summed E-state index contributed by atoms with van der Waals surface area (Å²) in [5, 5.41) is 3.60. The molecule has 9 heteroatoms. The second-order valence-electron chi connectivity index (χ2n) is 6.41. The first-order valence-electron chi connectivity index (χ1n) is 8.88. The third-order valence-electron chi connectivity index (χ3n) is 4.36. The fourth-order valence-corrected chi connectivity index (χ4v) is 4.36. The number of hydrogen-bond donors (Lipinski definition) is 1. The van der Waals surface area contributed by atoms with E-state index in [9.17, 15) is 14.0 Å². The largest absolute Gasteiger partial charge is 0.350 e. The normalized spacial score (nSPS) is 13.9. The number of rotatable bonds is 5. The van der Waals surface area contributed by atoms with Crippen molar-refractivity contribution in [1.82, 2.24) is 0 Å². The number of imide groups is 1. The van der Waals surface area contributed by atoms with Gasteiger partial charge in [-0.1, -0.05) is 58.7 Å². The van der Waals surface area contributed by atoms with Gasteiger partial charge in [-0.3, -0.25) is 9.59 Å². The van der Waals surface area contributed by atoms with Crippen LogP contribution in [-0.2, 0) is 9.59 Å². The Hall–Kier alpha value is -2.51. The van der Waals surface area contributed by atoms with Crippen LogP contribution >= 0.6 is 46.6 Å². The van der Waals surface area contributed by atoms with E-state index in [1.54, 1.807) is 48.5 Å². The topological polar surface area (TPSA) is 49.4 Å². The number of nitrogens with zero attached hydrogens (tertiary/aromatic N) is 1. The van der Waals surface area contributed by atoms with Crippen molar-refractivity contribution in [3.63, 3.8) is 0 Å². The highest BCUT2D eigenvalue weighted by atomic mass is 35.5. The number of halogens is 4. The van der Waals surface area contributed by atoms with Gasteiger partial charge in [-0.05, 0) is 54.6 Å². The Morgan fingerprint density at radius 1 is 0.839 bits per heavy atom. The third-order valence-corrected chi connectivity index (χ3v) is 6.31. The van der Waals surface area contributed by atoms with Gasteiger partial charge in [0.15, 0.2) is 0 Å². The molecule has 4 nitrogen and oxygen atoms in total. The van der Waals surface area contributed by atoms with Crippen LogP contribution in [-0.4, -0.2) is 11.8 Å². The van der Waals surface area contributed by atoms with Gasteiger partial charge in [0, 0.05) is 15.6 Å². The van der Waals surface area contributed by atoms with Crippen molar-refractivity contribution in [3.8, 4) is 0 Å². The molecule has 3 aromatic rings. The second-order valence-corrected chi connectivity index (χ2v) is 8.75. The fraction of sp³-hybridized carbons (Fsp3) is 0. The van der Waals surface area contributed by atoms with Crippen LogP contribution < -0.4 is 10.2 Å². The van der Waals surface area contributed by atoms with Crippen molar-refractivity contribution in [2.75, 3.05) is 10.2 Å². The third kappa shape index (κ3) is 4.43. The summed E-state index contributed by atoms with van der Waals surface area (Å²) in [7, 11) is 0. The van der Waals surface area contributed by atoms with Crippen LogP contribution in [0.25, 0.3) is 0 Å². The summed E-state index contributed by atoms with van der Waals surface area (Å²) in [6.07, 6.45) is 0. The highest BCUT2D eigenvalue weighted by Gasteiger charge is 2.41. The Morgan fingerprint density at radius 2 is 1.55 bits per heavy atom. The number of nitrogens with one attached hydrogen (secondary N) is 1. The number of benzene rings is 3. The monoisotopic (exact) mass is 492 g/mol. The summed E-state index contributed by atoms with van der Waals surface area (Å²) in [4.78, 5) is 28.4. The molecular formula is C22H12Cl3FN2O2S. The molecular weight excluding hydrogens is 482 g/mol. The first kappa shape index (κ1) is 21.7. The zero-order chi connectivity index (χ0) is 22.1. The summed E-state index contributed by atoms with van der Waals surface area (Å²) in [6.45, 7) is 0. The maximum Gasteiger partial charge on any atom is 0.283 e. The maximum atomic E-state index is 13.5. The van der Waals surface area contributed by atoms with Crippen LogP contribution in [0.1, 0.15) is 0 Å². The molecule has 0 radical (unpaired) electrons. The first-order chi connectivity index (χ1) is 14.8. The minimum absolute atomic E-state index is 0.0348. The van der Waals surface area contributed by atoms with Crippen molar-refractivity contribution < 1.29 is 14.0 Å². The molecule has 0 fully saturated rings. The van der Waals surface area contributed by atoms with Gasteiger partial charge < -0.3 is 5.32 Å². The predicted molar refractivity (Wildman–Crippen MR) is 123 cm³/mol. The van der Waals surface area contributed by atoms with Crippen molar-refractivity contribution >= 4 is 69.8 Å². The molecule has 2 amide bonds. The molecule has 0 atom stereocenters. The molecule has 0 aromatic heterocycles. The van der Waals surface area contributed by atoms with E-state index in [-0.39, 0.29) is 26.3 Å². The lowest BCUT2D eigenvalue weighted by molar-refractivity contribution is -0.120. The number of carbonyl (C=O) groups is 2. The van der Waals surface area contributed by atoms with Gasteiger partial charge in [0.05, 0.1) is 15.7 Å². The average Bonchev–Trinajstić information content (AvgIpc) is 2.97. The molecule has 4 rings (SSSR count). The van der Waals surface area contributed by atoms with Gasteiger partial charge in [0.25, 0.3) is 11.8 Å². The highest BCUT2D eigenvalue weighted by Crippen LogP contribution is 2.40. The number of anilines is 2. The van der Waals surface area contributed by atoms with E-state index < -0.39 is 17.6 Å². The van der Waals surface area contributed by atoms with Gasteiger partial charge >= 0.3 is 0 Å². The Morgan fingerprint density at radius 3 is 2.23 bits per heavy atom. The quantitative estimate of drug-likeness (QED) is 0.398. The van der Waals surface area contributed by atoms with E-state index in [0.717, 1.165) is 16.7 Å². The Balaban J connectivity index is 1.77. The number of hydrogen-bond acceptors (Lipinski definition) is 4. The van der Waals surface area contributed by atoms with E-state index in [1.807, 2.05) is 0 Å².